The van der Waals surface area contributed by atoms with Crippen LogP contribution in [0.4, 0.5) is 0 Å². The first-order chi connectivity index (χ1) is 13.0. The maximum Gasteiger partial charge on any atom is 0.314 e. The van der Waals surface area contributed by atoms with Crippen molar-refractivity contribution in [1.82, 2.24) is 0 Å². The van der Waals surface area contributed by atoms with Gasteiger partial charge in [0.15, 0.2) is 0 Å². The van der Waals surface area contributed by atoms with Gasteiger partial charge in [0.05, 0.1) is 11.8 Å². The summed E-state index contributed by atoms with van der Waals surface area (Å²) in [6, 6.07) is 10.3. The van der Waals surface area contributed by atoms with Crippen molar-refractivity contribution in [2.45, 2.75) is 32.1 Å². The fourth-order valence-corrected chi connectivity index (χ4v) is 3.19. The number of hydrogen-bond donors (Lipinski definition) is 0. The molecule has 4 rings (SSSR count). The molecule has 0 amide bonds. The smallest absolute Gasteiger partial charge is 0.314 e. The summed E-state index contributed by atoms with van der Waals surface area (Å²) in [6.07, 6.45) is 3.87. The van der Waals surface area contributed by atoms with Gasteiger partial charge in [-0.2, -0.15) is 0 Å². The highest BCUT2D eigenvalue weighted by Gasteiger charge is 2.33. The summed E-state index contributed by atoms with van der Waals surface area (Å²) in [7, 11) is 0. The Bertz CT molecular complexity index is 828. The van der Waals surface area contributed by atoms with Crippen LogP contribution >= 0.6 is 23.2 Å². The second-order valence-electron chi connectivity index (χ2n) is 7.07. The Hall–Kier alpha value is -2.04. The van der Waals surface area contributed by atoms with Crippen molar-refractivity contribution < 1.29 is 19.1 Å². The van der Waals surface area contributed by atoms with Crippen LogP contribution < -0.4 is 9.47 Å². The summed E-state index contributed by atoms with van der Waals surface area (Å²) in [6.45, 7) is 0. The Kier molecular flexibility index (Phi) is 5.11. The number of benzene rings is 2. The number of ether oxygens (including phenoxy) is 2. The van der Waals surface area contributed by atoms with Crippen molar-refractivity contribution in [2.24, 2.45) is 11.8 Å². The molecule has 0 spiro atoms. The largest absolute Gasteiger partial charge is 0.426 e. The van der Waals surface area contributed by atoms with Crippen LogP contribution in [0.25, 0.3) is 0 Å². The Balaban J connectivity index is 1.60. The first-order valence-electron chi connectivity index (χ1n) is 9.00. The van der Waals surface area contributed by atoms with Crippen LogP contribution in [0.2, 0.25) is 10.0 Å². The van der Waals surface area contributed by atoms with Crippen molar-refractivity contribution in [1.29, 1.82) is 0 Å². The minimum absolute atomic E-state index is 0.00486. The van der Waals surface area contributed by atoms with Crippen molar-refractivity contribution >= 4 is 35.1 Å². The van der Waals surface area contributed by atoms with E-state index in [-0.39, 0.29) is 23.8 Å². The fraction of sp³-hybridized carbons (Fsp3) is 0.333. The number of halogens is 2. The molecule has 0 unspecified atom stereocenters. The molecular weight excluding hydrogens is 387 g/mol. The van der Waals surface area contributed by atoms with Gasteiger partial charge in [0.2, 0.25) is 0 Å². The number of hydrogen-bond acceptors (Lipinski definition) is 4. The van der Waals surface area contributed by atoms with E-state index in [0.717, 1.165) is 36.8 Å². The Morgan fingerprint density at radius 2 is 1.19 bits per heavy atom. The van der Waals surface area contributed by atoms with Crippen LogP contribution in [0.5, 0.6) is 11.5 Å². The molecule has 2 aliphatic rings. The molecular formula is C21H18Cl2O4. The lowest BCUT2D eigenvalue weighted by Gasteiger charge is -2.14. The third-order valence-electron chi connectivity index (χ3n) is 4.67. The van der Waals surface area contributed by atoms with Crippen molar-refractivity contribution in [3.05, 3.63) is 57.6 Å². The lowest BCUT2D eigenvalue weighted by Crippen LogP contribution is -2.12. The molecule has 0 N–H and O–H groups in total. The van der Waals surface area contributed by atoms with E-state index in [1.54, 1.807) is 36.4 Å². The average molecular weight is 405 g/mol. The Labute approximate surface area is 167 Å². The fourth-order valence-electron chi connectivity index (χ4n) is 2.80. The minimum Gasteiger partial charge on any atom is -0.426 e. The molecule has 4 nitrogen and oxygen atoms in total. The number of esters is 2. The Morgan fingerprint density at radius 3 is 1.56 bits per heavy atom. The molecule has 0 saturated heterocycles. The molecule has 0 bridgehead atoms. The van der Waals surface area contributed by atoms with E-state index >= 15 is 0 Å². The van der Waals surface area contributed by atoms with Crippen LogP contribution in [0, 0.1) is 11.8 Å². The molecule has 0 radical (unpaired) electrons. The third kappa shape index (κ3) is 4.63. The third-order valence-corrected chi connectivity index (χ3v) is 5.14. The van der Waals surface area contributed by atoms with Gasteiger partial charge >= 0.3 is 11.9 Å². The van der Waals surface area contributed by atoms with E-state index < -0.39 is 0 Å². The maximum atomic E-state index is 12.1. The van der Waals surface area contributed by atoms with Crippen molar-refractivity contribution in [3.63, 3.8) is 0 Å². The van der Waals surface area contributed by atoms with E-state index in [1.165, 1.54) is 0 Å². The molecule has 0 atom stereocenters. The molecule has 140 valence electrons. The highest BCUT2D eigenvalue weighted by atomic mass is 35.5. The molecule has 0 aliphatic heterocycles. The quantitative estimate of drug-likeness (QED) is 0.489. The predicted molar refractivity (Wildman–Crippen MR) is 102 cm³/mol. The van der Waals surface area contributed by atoms with Gasteiger partial charge in [-0.15, -0.1) is 0 Å². The molecule has 2 aromatic rings. The van der Waals surface area contributed by atoms with Gasteiger partial charge in [-0.1, -0.05) is 23.2 Å². The second-order valence-corrected chi connectivity index (χ2v) is 7.94. The molecule has 0 heterocycles. The number of carbonyl (C=O) groups is 2. The van der Waals surface area contributed by atoms with E-state index in [2.05, 4.69) is 0 Å². The van der Waals surface area contributed by atoms with Crippen LogP contribution in [-0.4, -0.2) is 11.9 Å². The lowest BCUT2D eigenvalue weighted by atomic mass is 10.0. The summed E-state index contributed by atoms with van der Waals surface area (Å²) in [5, 5.41) is 1.07. The predicted octanol–water partition coefficient (Wildman–Crippen LogP) is 5.22. The number of rotatable bonds is 6. The van der Waals surface area contributed by atoms with Gasteiger partial charge in [-0.05, 0) is 62.1 Å². The second kappa shape index (κ2) is 7.53. The van der Waals surface area contributed by atoms with E-state index in [9.17, 15) is 9.59 Å². The Morgan fingerprint density at radius 1 is 0.778 bits per heavy atom. The van der Waals surface area contributed by atoms with Crippen LogP contribution in [0.1, 0.15) is 36.8 Å². The molecule has 2 saturated carbocycles. The lowest BCUT2D eigenvalue weighted by molar-refractivity contribution is -0.136. The normalized spacial score (nSPS) is 16.1. The molecule has 2 aromatic carbocycles. The molecule has 2 aliphatic carbocycles. The van der Waals surface area contributed by atoms with Gasteiger partial charge in [-0.3, -0.25) is 9.59 Å². The summed E-state index contributed by atoms with van der Waals surface area (Å²) in [5.74, 6) is 0.492. The van der Waals surface area contributed by atoms with Gasteiger partial charge < -0.3 is 9.47 Å². The van der Waals surface area contributed by atoms with Crippen molar-refractivity contribution in [3.8, 4) is 11.5 Å². The SMILES string of the molecule is O=C(Oc1ccc(Cl)cc1Cc1cc(Cl)ccc1OC(=O)C1CC1)C1CC1. The highest BCUT2D eigenvalue weighted by molar-refractivity contribution is 6.31. The van der Waals surface area contributed by atoms with Crippen LogP contribution in [0.3, 0.4) is 0 Å². The van der Waals surface area contributed by atoms with Gasteiger partial charge in [0.1, 0.15) is 11.5 Å². The zero-order valence-electron chi connectivity index (χ0n) is 14.5. The van der Waals surface area contributed by atoms with E-state index in [4.69, 9.17) is 32.7 Å². The van der Waals surface area contributed by atoms with E-state index in [1.807, 2.05) is 0 Å². The summed E-state index contributed by atoms with van der Waals surface area (Å²) >= 11 is 12.3. The minimum atomic E-state index is -0.218. The topological polar surface area (TPSA) is 52.6 Å². The summed E-state index contributed by atoms with van der Waals surface area (Å²) < 4.78 is 11.1. The molecule has 6 heteroatoms. The van der Waals surface area contributed by atoms with Crippen LogP contribution in [0.15, 0.2) is 36.4 Å². The molecule has 0 aromatic heterocycles. The van der Waals surface area contributed by atoms with Gasteiger partial charge in [-0.25, -0.2) is 0 Å². The monoisotopic (exact) mass is 404 g/mol. The average Bonchev–Trinajstić information content (AvgIpc) is 3.51. The zero-order chi connectivity index (χ0) is 19.0. The highest BCUT2D eigenvalue weighted by Crippen LogP contribution is 2.36. The van der Waals surface area contributed by atoms with E-state index in [0.29, 0.717) is 28.0 Å². The standard InChI is InChI=1S/C21H18Cl2O4/c22-16-5-7-18(26-20(24)12-1-2-12)14(10-16)9-15-11-17(23)6-8-19(15)27-21(25)13-3-4-13/h5-8,10-13H,1-4,9H2. The summed E-state index contributed by atoms with van der Waals surface area (Å²) in [4.78, 5) is 24.1. The first-order valence-corrected chi connectivity index (χ1v) is 9.75. The number of carbonyl (C=O) groups excluding carboxylic acids is 2. The molecule has 27 heavy (non-hydrogen) atoms. The van der Waals surface area contributed by atoms with Crippen LogP contribution in [-0.2, 0) is 16.0 Å². The van der Waals surface area contributed by atoms with Gasteiger partial charge in [0, 0.05) is 27.6 Å². The zero-order valence-corrected chi connectivity index (χ0v) is 16.1. The van der Waals surface area contributed by atoms with Crippen molar-refractivity contribution in [2.75, 3.05) is 0 Å². The maximum absolute atomic E-state index is 12.1. The van der Waals surface area contributed by atoms with Gasteiger partial charge in [0.25, 0.3) is 0 Å². The summed E-state index contributed by atoms with van der Waals surface area (Å²) in [5.41, 5.74) is 1.48. The first kappa shape index (κ1) is 18.3. The molecule has 2 fully saturated rings.